The van der Waals surface area contributed by atoms with E-state index in [-0.39, 0.29) is 12.3 Å². The lowest BCUT2D eigenvalue weighted by atomic mass is 10.5. The van der Waals surface area contributed by atoms with E-state index in [2.05, 4.69) is 5.32 Å². The van der Waals surface area contributed by atoms with Gasteiger partial charge in [0.1, 0.15) is 0 Å². The second-order valence-electron chi connectivity index (χ2n) is 3.52. The van der Waals surface area contributed by atoms with E-state index in [9.17, 15) is 22.8 Å². The molecule has 0 aromatic rings. The van der Waals surface area contributed by atoms with Crippen LogP contribution in [-0.4, -0.2) is 62.1 Å². The average molecular weight is 293 g/mol. The van der Waals surface area contributed by atoms with E-state index in [4.69, 9.17) is 5.11 Å². The minimum Gasteiger partial charge on any atom is -0.478 e. The van der Waals surface area contributed by atoms with Crippen LogP contribution < -0.4 is 10.6 Å². The first-order chi connectivity index (χ1) is 8.65. The Balaban J connectivity index is 4.08. The Morgan fingerprint density at radius 1 is 1.21 bits per heavy atom. The van der Waals surface area contributed by atoms with Crippen molar-refractivity contribution in [2.24, 2.45) is 0 Å². The summed E-state index contributed by atoms with van der Waals surface area (Å²) in [6.45, 7) is -0.178. The first-order valence-electron chi connectivity index (χ1n) is 5.05. The van der Waals surface area contributed by atoms with E-state index < -0.39 is 27.9 Å². The van der Waals surface area contributed by atoms with Gasteiger partial charge in [0.25, 0.3) is 5.91 Å². The Morgan fingerprint density at radius 3 is 2.26 bits per heavy atom. The standard InChI is InChI=1S/C9H15N3O6S/c1-12(2)19(17,18)6-5-10-9(16)11-7(13)3-4-8(14)15/h3-4H,5-6H2,1-2H3,(H,14,15)(H2,10,11,13,16)/b4-3+. The van der Waals surface area contributed by atoms with Crippen molar-refractivity contribution in [2.75, 3.05) is 26.4 Å². The van der Waals surface area contributed by atoms with Crippen LogP contribution in [0.4, 0.5) is 4.79 Å². The van der Waals surface area contributed by atoms with Gasteiger partial charge in [0.2, 0.25) is 10.0 Å². The molecule has 0 heterocycles. The molecule has 0 aliphatic rings. The van der Waals surface area contributed by atoms with Gasteiger partial charge in [0.15, 0.2) is 0 Å². The number of urea groups is 1. The van der Waals surface area contributed by atoms with Crippen molar-refractivity contribution in [1.29, 1.82) is 0 Å². The van der Waals surface area contributed by atoms with E-state index in [1.54, 1.807) is 5.32 Å². The van der Waals surface area contributed by atoms with Crippen molar-refractivity contribution < 1.29 is 27.9 Å². The number of amides is 3. The molecule has 3 amide bonds. The Hall–Kier alpha value is -1.94. The third-order valence-corrected chi connectivity index (χ3v) is 3.65. The summed E-state index contributed by atoms with van der Waals surface area (Å²) in [5.74, 6) is -2.56. The lowest BCUT2D eigenvalue weighted by Crippen LogP contribution is -2.41. The monoisotopic (exact) mass is 293 g/mol. The molecule has 0 atom stereocenters. The summed E-state index contributed by atoms with van der Waals surface area (Å²) in [4.78, 5) is 32.2. The van der Waals surface area contributed by atoms with Crippen LogP contribution in [0.2, 0.25) is 0 Å². The van der Waals surface area contributed by atoms with Gasteiger partial charge in [0, 0.05) is 32.8 Å². The van der Waals surface area contributed by atoms with Crippen molar-refractivity contribution in [3.8, 4) is 0 Å². The fraction of sp³-hybridized carbons (Fsp3) is 0.444. The van der Waals surface area contributed by atoms with Gasteiger partial charge in [-0.05, 0) is 0 Å². The van der Waals surface area contributed by atoms with Gasteiger partial charge in [0.05, 0.1) is 5.75 Å². The number of hydrogen-bond acceptors (Lipinski definition) is 5. The molecule has 10 heteroatoms. The van der Waals surface area contributed by atoms with Crippen LogP contribution >= 0.6 is 0 Å². The van der Waals surface area contributed by atoms with Crippen LogP contribution in [0.1, 0.15) is 0 Å². The Labute approximate surface area is 110 Å². The number of nitrogens with one attached hydrogen (secondary N) is 2. The molecule has 0 rings (SSSR count). The SMILES string of the molecule is CN(C)S(=O)(=O)CCNC(=O)NC(=O)/C=C/C(=O)O. The number of carbonyl (C=O) groups is 3. The maximum atomic E-state index is 11.3. The number of hydrogen-bond donors (Lipinski definition) is 3. The molecule has 3 N–H and O–H groups in total. The number of carbonyl (C=O) groups excluding carboxylic acids is 2. The summed E-state index contributed by atoms with van der Waals surface area (Å²) in [5.41, 5.74) is 0. The Bertz CT molecular complexity index is 482. The largest absolute Gasteiger partial charge is 0.478 e. The average Bonchev–Trinajstić information content (AvgIpc) is 2.25. The number of carboxylic acid groups (broad SMARTS) is 1. The van der Waals surface area contributed by atoms with E-state index in [1.807, 2.05) is 0 Å². The summed E-state index contributed by atoms with van der Waals surface area (Å²) in [5, 5.41) is 12.2. The molecule has 0 aliphatic carbocycles. The zero-order valence-electron chi connectivity index (χ0n) is 10.4. The highest BCUT2D eigenvalue weighted by atomic mass is 32.2. The van der Waals surface area contributed by atoms with Crippen molar-refractivity contribution in [3.63, 3.8) is 0 Å². The quantitative estimate of drug-likeness (QED) is 0.502. The second kappa shape index (κ2) is 7.48. The normalized spacial score (nSPS) is 11.5. The van der Waals surface area contributed by atoms with Gasteiger partial charge in [-0.25, -0.2) is 22.3 Å². The van der Waals surface area contributed by atoms with Gasteiger partial charge in [-0.15, -0.1) is 0 Å². The molecule has 0 fully saturated rings. The molecule has 19 heavy (non-hydrogen) atoms. The third kappa shape index (κ3) is 7.89. The highest BCUT2D eigenvalue weighted by Gasteiger charge is 2.13. The minimum atomic E-state index is -3.43. The maximum absolute atomic E-state index is 11.3. The maximum Gasteiger partial charge on any atom is 0.328 e. The predicted octanol–water partition coefficient (Wildman–Crippen LogP) is -1.66. The van der Waals surface area contributed by atoms with Gasteiger partial charge in [-0.3, -0.25) is 10.1 Å². The minimum absolute atomic E-state index is 0.178. The predicted molar refractivity (Wildman–Crippen MR) is 65.8 cm³/mol. The van der Waals surface area contributed by atoms with Crippen LogP contribution in [0.5, 0.6) is 0 Å². The van der Waals surface area contributed by atoms with Crippen LogP contribution in [0.25, 0.3) is 0 Å². The molecule has 0 radical (unpaired) electrons. The van der Waals surface area contributed by atoms with E-state index >= 15 is 0 Å². The third-order valence-electron chi connectivity index (χ3n) is 1.82. The fourth-order valence-corrected chi connectivity index (χ4v) is 1.55. The van der Waals surface area contributed by atoms with Crippen molar-refractivity contribution in [2.45, 2.75) is 0 Å². The Morgan fingerprint density at radius 2 is 1.79 bits per heavy atom. The fourth-order valence-electron chi connectivity index (χ4n) is 0.821. The van der Waals surface area contributed by atoms with Crippen LogP contribution in [0.15, 0.2) is 12.2 Å². The lowest BCUT2D eigenvalue weighted by Gasteiger charge is -2.11. The second-order valence-corrected chi connectivity index (χ2v) is 5.82. The number of aliphatic carboxylic acids is 1. The first kappa shape index (κ1) is 17.1. The van der Waals surface area contributed by atoms with Crippen LogP contribution in [-0.2, 0) is 19.6 Å². The molecule has 0 bridgehead atoms. The zero-order valence-corrected chi connectivity index (χ0v) is 11.2. The van der Waals surface area contributed by atoms with Crippen molar-refractivity contribution in [1.82, 2.24) is 14.9 Å². The molecule has 0 spiro atoms. The van der Waals surface area contributed by atoms with E-state index in [0.29, 0.717) is 12.2 Å². The number of nitrogens with zero attached hydrogens (tertiary/aromatic N) is 1. The van der Waals surface area contributed by atoms with Crippen LogP contribution in [0.3, 0.4) is 0 Å². The van der Waals surface area contributed by atoms with Gasteiger partial charge in [-0.2, -0.15) is 0 Å². The van der Waals surface area contributed by atoms with E-state index in [1.165, 1.54) is 14.1 Å². The van der Waals surface area contributed by atoms with Crippen molar-refractivity contribution >= 4 is 27.9 Å². The van der Waals surface area contributed by atoms with Gasteiger partial charge in [-0.1, -0.05) is 0 Å². The summed E-state index contributed by atoms with van der Waals surface area (Å²) in [6, 6.07) is -0.908. The highest BCUT2D eigenvalue weighted by Crippen LogP contribution is 1.91. The molecule has 0 aliphatic heterocycles. The number of imide groups is 1. The molecular weight excluding hydrogens is 278 g/mol. The molecular formula is C9H15N3O6S. The number of rotatable bonds is 6. The van der Waals surface area contributed by atoms with E-state index in [0.717, 1.165) is 4.31 Å². The molecule has 0 aromatic heterocycles. The van der Waals surface area contributed by atoms with Gasteiger partial charge >= 0.3 is 12.0 Å². The van der Waals surface area contributed by atoms with Gasteiger partial charge < -0.3 is 10.4 Å². The molecule has 0 saturated heterocycles. The number of carboxylic acids is 1. The highest BCUT2D eigenvalue weighted by molar-refractivity contribution is 7.89. The van der Waals surface area contributed by atoms with Crippen LogP contribution in [0, 0.1) is 0 Å². The molecule has 0 unspecified atom stereocenters. The summed E-state index contributed by atoms with van der Waals surface area (Å²) < 4.78 is 23.7. The number of sulfonamides is 1. The molecule has 108 valence electrons. The summed E-state index contributed by atoms with van der Waals surface area (Å²) >= 11 is 0. The molecule has 0 aromatic carbocycles. The lowest BCUT2D eigenvalue weighted by molar-refractivity contribution is -0.131. The molecule has 0 saturated carbocycles. The Kier molecular flexibility index (Phi) is 6.72. The summed E-state index contributed by atoms with van der Waals surface area (Å²) in [7, 11) is -0.716. The van der Waals surface area contributed by atoms with Crippen molar-refractivity contribution in [3.05, 3.63) is 12.2 Å². The smallest absolute Gasteiger partial charge is 0.328 e. The topological polar surface area (TPSA) is 133 Å². The molecule has 9 nitrogen and oxygen atoms in total. The first-order valence-corrected chi connectivity index (χ1v) is 6.66. The zero-order chi connectivity index (χ0) is 15.1. The summed E-state index contributed by atoms with van der Waals surface area (Å²) in [6.07, 6.45) is 1.23.